The first kappa shape index (κ1) is 14.3. The third-order valence-corrected chi connectivity index (χ3v) is 4.36. The molecule has 21 heavy (non-hydrogen) atoms. The van der Waals surface area contributed by atoms with Gasteiger partial charge in [0.15, 0.2) is 0 Å². The Kier molecular flexibility index (Phi) is 4.65. The van der Waals surface area contributed by atoms with Gasteiger partial charge in [0.2, 0.25) is 0 Å². The molecule has 1 heterocycles. The number of aromatic nitrogens is 3. The van der Waals surface area contributed by atoms with E-state index in [0.29, 0.717) is 12.0 Å². The van der Waals surface area contributed by atoms with E-state index in [1.54, 1.807) is 4.80 Å². The maximum atomic E-state index is 4.72. The van der Waals surface area contributed by atoms with Crippen LogP contribution < -0.4 is 5.32 Å². The number of hydrogen-bond acceptors (Lipinski definition) is 3. The van der Waals surface area contributed by atoms with E-state index in [1.807, 2.05) is 36.5 Å². The molecule has 1 atom stereocenters. The zero-order valence-electron chi connectivity index (χ0n) is 12.7. The first-order chi connectivity index (χ1) is 10.4. The summed E-state index contributed by atoms with van der Waals surface area (Å²) in [4.78, 5) is 1.74. The van der Waals surface area contributed by atoms with Crippen molar-refractivity contribution >= 4 is 0 Å². The minimum Gasteiger partial charge on any atom is -0.309 e. The lowest BCUT2D eigenvalue weighted by Crippen LogP contribution is -2.30. The first-order valence-electron chi connectivity index (χ1n) is 8.09. The predicted octanol–water partition coefficient (Wildman–Crippen LogP) is 3.50. The summed E-state index contributed by atoms with van der Waals surface area (Å²) < 4.78 is 0. The molecular formula is C17H24N4. The monoisotopic (exact) mass is 284 g/mol. The molecule has 3 rings (SSSR count). The molecule has 1 N–H and O–H groups in total. The second kappa shape index (κ2) is 6.85. The number of rotatable bonds is 5. The molecule has 1 unspecified atom stereocenters. The van der Waals surface area contributed by atoms with Gasteiger partial charge in [-0.05, 0) is 37.4 Å². The molecule has 0 radical (unpaired) electrons. The fourth-order valence-electron chi connectivity index (χ4n) is 3.30. The molecule has 0 bridgehead atoms. The molecular weight excluding hydrogens is 260 g/mol. The van der Waals surface area contributed by atoms with E-state index < -0.39 is 0 Å². The summed E-state index contributed by atoms with van der Waals surface area (Å²) in [7, 11) is 0. The molecule has 112 valence electrons. The quantitative estimate of drug-likeness (QED) is 0.914. The van der Waals surface area contributed by atoms with E-state index in [-0.39, 0.29) is 0 Å². The molecule has 1 fully saturated rings. The van der Waals surface area contributed by atoms with E-state index in [9.17, 15) is 0 Å². The van der Waals surface area contributed by atoms with E-state index in [1.165, 1.54) is 32.1 Å². The van der Waals surface area contributed by atoms with Gasteiger partial charge in [-0.25, -0.2) is 0 Å². The highest BCUT2D eigenvalue weighted by atomic mass is 15.5. The summed E-state index contributed by atoms with van der Waals surface area (Å²) in [5, 5.41) is 12.8. The third kappa shape index (κ3) is 3.32. The Morgan fingerprint density at radius 1 is 1.19 bits per heavy atom. The number of nitrogens with one attached hydrogen (secondary N) is 1. The zero-order valence-corrected chi connectivity index (χ0v) is 12.7. The van der Waals surface area contributed by atoms with Crippen LogP contribution in [-0.4, -0.2) is 21.5 Å². The molecule has 4 heteroatoms. The SMILES string of the molecule is CCNC(c1cnn(-c2ccccc2)n1)C1CCCCC1. The van der Waals surface area contributed by atoms with Crippen molar-refractivity contribution < 1.29 is 0 Å². The highest BCUT2D eigenvalue weighted by molar-refractivity contribution is 5.28. The van der Waals surface area contributed by atoms with Crippen LogP contribution in [0.15, 0.2) is 36.5 Å². The Labute approximate surface area is 126 Å². The summed E-state index contributed by atoms with van der Waals surface area (Å²) in [5.74, 6) is 0.694. The van der Waals surface area contributed by atoms with Crippen LogP contribution in [0.2, 0.25) is 0 Å². The van der Waals surface area contributed by atoms with E-state index in [0.717, 1.165) is 17.9 Å². The fraction of sp³-hybridized carbons (Fsp3) is 0.529. The van der Waals surface area contributed by atoms with Gasteiger partial charge in [-0.15, -0.1) is 0 Å². The van der Waals surface area contributed by atoms with Crippen LogP contribution in [0, 0.1) is 5.92 Å². The van der Waals surface area contributed by atoms with Crippen molar-refractivity contribution in [3.8, 4) is 5.69 Å². The van der Waals surface area contributed by atoms with Gasteiger partial charge in [-0.2, -0.15) is 15.0 Å². The Morgan fingerprint density at radius 3 is 2.67 bits per heavy atom. The fourth-order valence-corrected chi connectivity index (χ4v) is 3.30. The van der Waals surface area contributed by atoms with Crippen LogP contribution in [0.1, 0.15) is 50.8 Å². The molecule has 1 saturated carbocycles. The summed E-state index contributed by atoms with van der Waals surface area (Å²) in [6.45, 7) is 3.14. The molecule has 2 aromatic rings. The van der Waals surface area contributed by atoms with Crippen LogP contribution in [0.25, 0.3) is 5.69 Å². The molecule has 4 nitrogen and oxygen atoms in total. The highest BCUT2D eigenvalue weighted by Crippen LogP contribution is 2.33. The molecule has 1 aromatic heterocycles. The molecule has 0 saturated heterocycles. The minimum atomic E-state index is 0.341. The normalized spacial score (nSPS) is 17.8. The van der Waals surface area contributed by atoms with Crippen LogP contribution in [0.4, 0.5) is 0 Å². The van der Waals surface area contributed by atoms with Gasteiger partial charge in [0.1, 0.15) is 5.69 Å². The first-order valence-corrected chi connectivity index (χ1v) is 8.09. The Bertz CT molecular complexity index is 543. The lowest BCUT2D eigenvalue weighted by atomic mass is 9.83. The topological polar surface area (TPSA) is 42.7 Å². The van der Waals surface area contributed by atoms with Crippen molar-refractivity contribution in [1.29, 1.82) is 0 Å². The number of para-hydroxylation sites is 1. The van der Waals surface area contributed by atoms with Gasteiger partial charge < -0.3 is 5.32 Å². The Morgan fingerprint density at radius 2 is 1.95 bits per heavy atom. The third-order valence-electron chi connectivity index (χ3n) is 4.36. The van der Waals surface area contributed by atoms with Crippen molar-refractivity contribution in [1.82, 2.24) is 20.3 Å². The van der Waals surface area contributed by atoms with Crippen molar-refractivity contribution in [2.45, 2.75) is 45.1 Å². The average Bonchev–Trinajstić information content (AvgIpc) is 3.04. The van der Waals surface area contributed by atoms with Crippen LogP contribution in [-0.2, 0) is 0 Å². The summed E-state index contributed by atoms with van der Waals surface area (Å²) in [6, 6.07) is 10.5. The number of hydrogen-bond donors (Lipinski definition) is 1. The van der Waals surface area contributed by atoms with Crippen molar-refractivity contribution in [2.24, 2.45) is 5.92 Å². The highest BCUT2D eigenvalue weighted by Gasteiger charge is 2.26. The van der Waals surface area contributed by atoms with Crippen LogP contribution in [0.3, 0.4) is 0 Å². The van der Waals surface area contributed by atoms with Gasteiger partial charge in [0.05, 0.1) is 17.9 Å². The molecule has 0 spiro atoms. The molecule has 1 aliphatic rings. The average molecular weight is 284 g/mol. The van der Waals surface area contributed by atoms with Crippen molar-refractivity contribution in [3.05, 3.63) is 42.2 Å². The van der Waals surface area contributed by atoms with E-state index in [4.69, 9.17) is 5.10 Å². The summed E-state index contributed by atoms with van der Waals surface area (Å²) >= 11 is 0. The number of nitrogens with zero attached hydrogens (tertiary/aromatic N) is 3. The second-order valence-electron chi connectivity index (χ2n) is 5.83. The van der Waals surface area contributed by atoms with Gasteiger partial charge in [0.25, 0.3) is 0 Å². The van der Waals surface area contributed by atoms with Gasteiger partial charge >= 0.3 is 0 Å². The molecule has 1 aliphatic carbocycles. The van der Waals surface area contributed by atoms with Gasteiger partial charge in [-0.1, -0.05) is 44.4 Å². The predicted molar refractivity (Wildman–Crippen MR) is 84.4 cm³/mol. The smallest absolute Gasteiger partial charge is 0.100 e. The van der Waals surface area contributed by atoms with Crippen LogP contribution in [0.5, 0.6) is 0 Å². The largest absolute Gasteiger partial charge is 0.309 e. The van der Waals surface area contributed by atoms with Gasteiger partial charge in [-0.3, -0.25) is 0 Å². The second-order valence-corrected chi connectivity index (χ2v) is 5.83. The Balaban J connectivity index is 1.81. The molecule has 0 aliphatic heterocycles. The Hall–Kier alpha value is -1.68. The molecule has 0 amide bonds. The van der Waals surface area contributed by atoms with E-state index >= 15 is 0 Å². The summed E-state index contributed by atoms with van der Waals surface area (Å²) in [6.07, 6.45) is 8.60. The van der Waals surface area contributed by atoms with Crippen molar-refractivity contribution in [3.63, 3.8) is 0 Å². The van der Waals surface area contributed by atoms with Gasteiger partial charge in [0, 0.05) is 0 Å². The zero-order chi connectivity index (χ0) is 14.5. The molecule has 1 aromatic carbocycles. The van der Waals surface area contributed by atoms with E-state index in [2.05, 4.69) is 17.3 Å². The van der Waals surface area contributed by atoms with Crippen LogP contribution >= 0.6 is 0 Å². The maximum Gasteiger partial charge on any atom is 0.100 e. The van der Waals surface area contributed by atoms with Crippen molar-refractivity contribution in [2.75, 3.05) is 6.54 Å². The minimum absolute atomic E-state index is 0.341. The number of benzene rings is 1. The summed E-state index contributed by atoms with van der Waals surface area (Å²) in [5.41, 5.74) is 2.09. The maximum absolute atomic E-state index is 4.72. The lowest BCUT2D eigenvalue weighted by molar-refractivity contribution is 0.270. The standard InChI is InChI=1S/C17H24N4/c1-2-18-17(14-9-5-3-6-10-14)16-13-19-21(20-16)15-11-7-4-8-12-15/h4,7-8,11-14,17-18H,2-3,5-6,9-10H2,1H3. The lowest BCUT2D eigenvalue weighted by Gasteiger charge is -2.29.